The average molecular weight is 202 g/mol. The van der Waals surface area contributed by atoms with Gasteiger partial charge in [-0.15, -0.1) is 0 Å². The predicted octanol–water partition coefficient (Wildman–Crippen LogP) is 1.67. The highest BCUT2D eigenvalue weighted by Crippen LogP contribution is 1.98. The Kier molecular flexibility index (Phi) is 6.80. The van der Waals surface area contributed by atoms with Crippen LogP contribution in [0.2, 0.25) is 0 Å². The molecule has 82 valence electrons. The van der Waals surface area contributed by atoms with Crippen LogP contribution in [0.25, 0.3) is 0 Å². The van der Waals surface area contributed by atoms with Crippen LogP contribution >= 0.6 is 0 Å². The molecule has 0 saturated carbocycles. The fourth-order valence-electron chi connectivity index (χ4n) is 0.834. The third-order valence-electron chi connectivity index (χ3n) is 1.55. The molecule has 0 aromatic heterocycles. The first-order valence-corrected chi connectivity index (χ1v) is 4.95. The maximum atomic E-state index is 11.0. The van der Waals surface area contributed by atoms with Crippen LogP contribution in [-0.2, 0) is 19.1 Å². The van der Waals surface area contributed by atoms with Gasteiger partial charge in [-0.1, -0.05) is 13.8 Å². The Labute approximate surface area is 84.6 Å². The molecule has 1 atom stereocenters. The van der Waals surface area contributed by atoms with Crippen molar-refractivity contribution >= 4 is 11.9 Å². The minimum atomic E-state index is -0.357. The van der Waals surface area contributed by atoms with Crippen molar-refractivity contribution in [2.75, 3.05) is 6.61 Å². The van der Waals surface area contributed by atoms with E-state index in [1.54, 1.807) is 13.8 Å². The van der Waals surface area contributed by atoms with Gasteiger partial charge in [-0.25, -0.2) is 0 Å². The molecule has 0 aliphatic carbocycles. The van der Waals surface area contributed by atoms with Gasteiger partial charge in [0.25, 0.3) is 0 Å². The lowest BCUT2D eigenvalue weighted by Crippen LogP contribution is -2.21. The molecule has 0 bridgehead atoms. The van der Waals surface area contributed by atoms with E-state index >= 15 is 0 Å². The van der Waals surface area contributed by atoms with Gasteiger partial charge in [0.15, 0.2) is 0 Å². The Balaban J connectivity index is 3.59. The second-order valence-electron chi connectivity index (χ2n) is 3.09. The van der Waals surface area contributed by atoms with Crippen LogP contribution in [-0.4, -0.2) is 24.6 Å². The highest BCUT2D eigenvalue weighted by atomic mass is 16.6. The maximum Gasteiger partial charge on any atom is 0.306 e. The molecule has 0 fully saturated rings. The first-order chi connectivity index (χ1) is 6.60. The molecule has 0 aromatic carbocycles. The molecule has 0 radical (unpaired) electrons. The normalized spacial score (nSPS) is 11.9. The quantitative estimate of drug-likeness (QED) is 0.615. The predicted molar refractivity (Wildman–Crippen MR) is 51.7 cm³/mol. The van der Waals surface area contributed by atoms with E-state index in [1.807, 2.05) is 6.92 Å². The molecular formula is C10H18O4. The Morgan fingerprint density at radius 3 is 2.36 bits per heavy atom. The number of carbonyl (C=O) groups excluding carboxylic acids is 2. The highest BCUT2D eigenvalue weighted by Gasteiger charge is 2.10. The zero-order valence-electron chi connectivity index (χ0n) is 9.04. The van der Waals surface area contributed by atoms with Crippen molar-refractivity contribution in [3.05, 3.63) is 0 Å². The topological polar surface area (TPSA) is 52.6 Å². The zero-order chi connectivity index (χ0) is 11.0. The molecule has 1 unspecified atom stereocenters. The molecule has 0 aromatic rings. The summed E-state index contributed by atoms with van der Waals surface area (Å²) in [5.41, 5.74) is 0. The highest BCUT2D eigenvalue weighted by molar-refractivity contribution is 5.70. The van der Waals surface area contributed by atoms with Gasteiger partial charge >= 0.3 is 11.9 Å². The SMILES string of the molecule is CCCC(=O)OC(C)COC(=O)CC. The van der Waals surface area contributed by atoms with Gasteiger partial charge in [0.05, 0.1) is 0 Å². The summed E-state index contributed by atoms with van der Waals surface area (Å²) < 4.78 is 9.79. The average Bonchev–Trinajstić information content (AvgIpc) is 2.14. The number of rotatable bonds is 6. The van der Waals surface area contributed by atoms with Crippen LogP contribution < -0.4 is 0 Å². The Hall–Kier alpha value is -1.06. The van der Waals surface area contributed by atoms with Crippen molar-refractivity contribution in [2.24, 2.45) is 0 Å². The molecule has 0 N–H and O–H groups in total. The summed E-state index contributed by atoms with van der Waals surface area (Å²) in [5.74, 6) is -0.518. The molecule has 14 heavy (non-hydrogen) atoms. The van der Waals surface area contributed by atoms with E-state index in [9.17, 15) is 9.59 Å². The number of esters is 2. The van der Waals surface area contributed by atoms with Gasteiger partial charge in [-0.3, -0.25) is 9.59 Å². The van der Waals surface area contributed by atoms with Crippen LogP contribution in [0.3, 0.4) is 0 Å². The smallest absolute Gasteiger partial charge is 0.306 e. The Morgan fingerprint density at radius 2 is 1.86 bits per heavy atom. The van der Waals surface area contributed by atoms with Crippen molar-refractivity contribution < 1.29 is 19.1 Å². The molecule has 0 amide bonds. The van der Waals surface area contributed by atoms with E-state index in [0.29, 0.717) is 12.8 Å². The molecule has 4 heteroatoms. The second-order valence-corrected chi connectivity index (χ2v) is 3.09. The fraction of sp³-hybridized carbons (Fsp3) is 0.800. The van der Waals surface area contributed by atoms with Crippen LogP contribution in [0.5, 0.6) is 0 Å². The van der Waals surface area contributed by atoms with Gasteiger partial charge in [-0.05, 0) is 13.3 Å². The number of hydrogen-bond acceptors (Lipinski definition) is 4. The van der Waals surface area contributed by atoms with E-state index in [-0.39, 0.29) is 24.6 Å². The fourth-order valence-corrected chi connectivity index (χ4v) is 0.834. The van der Waals surface area contributed by atoms with Crippen LogP contribution in [0, 0.1) is 0 Å². The Bertz CT molecular complexity index is 189. The molecule has 0 saturated heterocycles. The third-order valence-corrected chi connectivity index (χ3v) is 1.55. The van der Waals surface area contributed by atoms with Crippen molar-refractivity contribution in [3.8, 4) is 0 Å². The number of ether oxygens (including phenoxy) is 2. The van der Waals surface area contributed by atoms with E-state index in [4.69, 9.17) is 9.47 Å². The lowest BCUT2D eigenvalue weighted by molar-refractivity contribution is -0.157. The molecule has 0 rings (SSSR count). The molecule has 0 spiro atoms. The van der Waals surface area contributed by atoms with Gasteiger partial charge < -0.3 is 9.47 Å². The number of hydrogen-bond donors (Lipinski definition) is 0. The van der Waals surface area contributed by atoms with E-state index in [2.05, 4.69) is 0 Å². The zero-order valence-corrected chi connectivity index (χ0v) is 9.04. The van der Waals surface area contributed by atoms with Crippen molar-refractivity contribution in [1.29, 1.82) is 0 Å². The minimum absolute atomic E-state index is 0.141. The monoisotopic (exact) mass is 202 g/mol. The van der Waals surface area contributed by atoms with E-state index in [0.717, 1.165) is 6.42 Å². The lowest BCUT2D eigenvalue weighted by Gasteiger charge is -2.12. The molecule has 4 nitrogen and oxygen atoms in total. The van der Waals surface area contributed by atoms with Gasteiger partial charge in [0, 0.05) is 12.8 Å². The van der Waals surface area contributed by atoms with Gasteiger partial charge in [0.2, 0.25) is 0 Å². The summed E-state index contributed by atoms with van der Waals surface area (Å²) in [6.45, 7) is 5.47. The summed E-state index contributed by atoms with van der Waals surface area (Å²) in [6, 6.07) is 0. The second kappa shape index (κ2) is 7.35. The molecule has 0 aliphatic rings. The molecular weight excluding hydrogens is 184 g/mol. The summed E-state index contributed by atoms with van der Waals surface area (Å²) >= 11 is 0. The minimum Gasteiger partial charge on any atom is -0.462 e. The summed E-state index contributed by atoms with van der Waals surface area (Å²) in [6.07, 6.45) is 1.16. The largest absolute Gasteiger partial charge is 0.462 e. The van der Waals surface area contributed by atoms with Crippen molar-refractivity contribution in [2.45, 2.75) is 46.1 Å². The number of carbonyl (C=O) groups is 2. The van der Waals surface area contributed by atoms with Crippen LogP contribution in [0.1, 0.15) is 40.0 Å². The van der Waals surface area contributed by atoms with Crippen molar-refractivity contribution in [3.63, 3.8) is 0 Å². The van der Waals surface area contributed by atoms with Crippen LogP contribution in [0.15, 0.2) is 0 Å². The first-order valence-electron chi connectivity index (χ1n) is 4.95. The summed E-state index contributed by atoms with van der Waals surface area (Å²) in [7, 11) is 0. The summed E-state index contributed by atoms with van der Waals surface area (Å²) in [5, 5.41) is 0. The lowest BCUT2D eigenvalue weighted by atomic mass is 10.3. The molecule has 0 aliphatic heterocycles. The van der Waals surface area contributed by atoms with Crippen LogP contribution in [0.4, 0.5) is 0 Å². The van der Waals surface area contributed by atoms with E-state index in [1.165, 1.54) is 0 Å². The van der Waals surface area contributed by atoms with Gasteiger partial charge in [-0.2, -0.15) is 0 Å². The standard InChI is InChI=1S/C10H18O4/c1-4-6-10(12)14-8(3)7-13-9(11)5-2/h8H,4-7H2,1-3H3. The van der Waals surface area contributed by atoms with Gasteiger partial charge in [0.1, 0.15) is 12.7 Å². The Morgan fingerprint density at radius 1 is 1.21 bits per heavy atom. The molecule has 0 heterocycles. The van der Waals surface area contributed by atoms with E-state index < -0.39 is 0 Å². The van der Waals surface area contributed by atoms with Crippen molar-refractivity contribution in [1.82, 2.24) is 0 Å². The first kappa shape index (κ1) is 12.9. The maximum absolute atomic E-state index is 11.0. The third kappa shape index (κ3) is 6.46. The summed E-state index contributed by atoms with van der Waals surface area (Å²) in [4.78, 5) is 21.8.